The third kappa shape index (κ3) is 7.12. The van der Waals surface area contributed by atoms with E-state index >= 15 is 0 Å². The second kappa shape index (κ2) is 10.8. The summed E-state index contributed by atoms with van der Waals surface area (Å²) in [5, 5.41) is 9.31. The van der Waals surface area contributed by atoms with Crippen LogP contribution in [0.4, 0.5) is 4.79 Å². The van der Waals surface area contributed by atoms with Crippen molar-refractivity contribution >= 4 is 20.1 Å². The molecule has 0 bridgehead atoms. The Morgan fingerprint density at radius 3 is 2.50 bits per heavy atom. The average molecular weight is 359 g/mol. The maximum atomic E-state index is 12.2. The number of nitrogens with zero attached hydrogens (tertiary/aromatic N) is 1. The van der Waals surface area contributed by atoms with E-state index in [9.17, 15) is 19.3 Å². The SMILES string of the molecule is CCOCCC(C(=O)O)N(C[PH](=O)O)C(=O)OCc1ccccc1. The van der Waals surface area contributed by atoms with Crippen molar-refractivity contribution in [2.45, 2.75) is 26.0 Å². The number of carbonyl (C=O) groups is 2. The van der Waals surface area contributed by atoms with Crippen LogP contribution in [-0.4, -0.2) is 52.5 Å². The van der Waals surface area contributed by atoms with E-state index in [0.29, 0.717) is 6.61 Å². The van der Waals surface area contributed by atoms with Crippen molar-refractivity contribution in [2.75, 3.05) is 19.5 Å². The number of benzene rings is 1. The Morgan fingerprint density at radius 2 is 1.96 bits per heavy atom. The Bertz CT molecular complexity index is 552. The molecule has 134 valence electrons. The van der Waals surface area contributed by atoms with Gasteiger partial charge in [0.1, 0.15) is 12.6 Å². The summed E-state index contributed by atoms with van der Waals surface area (Å²) in [6.07, 6.45) is -1.53. The minimum absolute atomic E-state index is 0.00123. The minimum atomic E-state index is -3.10. The van der Waals surface area contributed by atoms with Crippen molar-refractivity contribution in [3.63, 3.8) is 0 Å². The molecule has 1 rings (SSSR count). The maximum absolute atomic E-state index is 12.2. The lowest BCUT2D eigenvalue weighted by Crippen LogP contribution is -2.45. The van der Waals surface area contributed by atoms with Gasteiger partial charge in [-0.05, 0) is 12.5 Å². The summed E-state index contributed by atoms with van der Waals surface area (Å²) in [7, 11) is -3.10. The van der Waals surface area contributed by atoms with E-state index in [0.717, 1.165) is 10.5 Å². The number of carbonyl (C=O) groups excluding carboxylic acids is 1. The minimum Gasteiger partial charge on any atom is -0.480 e. The van der Waals surface area contributed by atoms with Crippen LogP contribution in [0.3, 0.4) is 0 Å². The molecule has 0 aliphatic carbocycles. The highest BCUT2D eigenvalue weighted by molar-refractivity contribution is 7.37. The first-order valence-corrected chi connectivity index (χ1v) is 9.01. The lowest BCUT2D eigenvalue weighted by atomic mass is 10.2. The number of aliphatic carboxylic acids is 1. The van der Waals surface area contributed by atoms with E-state index in [1.54, 1.807) is 31.2 Å². The highest BCUT2D eigenvalue weighted by Crippen LogP contribution is 2.20. The third-order valence-electron chi connectivity index (χ3n) is 3.15. The van der Waals surface area contributed by atoms with E-state index in [-0.39, 0.29) is 19.6 Å². The molecule has 2 atom stereocenters. The van der Waals surface area contributed by atoms with Gasteiger partial charge in [-0.3, -0.25) is 9.46 Å². The van der Waals surface area contributed by atoms with Crippen LogP contribution in [-0.2, 0) is 25.4 Å². The predicted molar refractivity (Wildman–Crippen MR) is 87.1 cm³/mol. The lowest BCUT2D eigenvalue weighted by Gasteiger charge is -2.27. The molecule has 0 aliphatic heterocycles. The molecule has 2 unspecified atom stereocenters. The number of carboxylic acid groups (broad SMARTS) is 1. The number of hydrogen-bond donors (Lipinski definition) is 2. The standard InChI is InChI=1S/C15H22NO7P/c1-2-22-9-8-13(14(17)18)16(11-24(20)21)15(19)23-10-12-6-4-3-5-7-12/h3-7,13,24H,2,8-11H2,1H3,(H,17,18)(H,20,21). The number of hydrogen-bond acceptors (Lipinski definition) is 5. The van der Waals surface area contributed by atoms with Crippen LogP contribution in [0.25, 0.3) is 0 Å². The van der Waals surface area contributed by atoms with Gasteiger partial charge in [0.15, 0.2) is 0 Å². The monoisotopic (exact) mass is 359 g/mol. The topological polar surface area (TPSA) is 113 Å². The van der Waals surface area contributed by atoms with Crippen LogP contribution >= 0.6 is 8.03 Å². The molecule has 9 heteroatoms. The molecule has 0 saturated carbocycles. The average Bonchev–Trinajstić information content (AvgIpc) is 2.55. The second-order valence-electron chi connectivity index (χ2n) is 4.90. The summed E-state index contributed by atoms with van der Waals surface area (Å²) in [4.78, 5) is 33.5. The number of rotatable bonds is 10. The summed E-state index contributed by atoms with van der Waals surface area (Å²) in [6.45, 7) is 2.22. The van der Waals surface area contributed by atoms with Crippen LogP contribution in [0, 0.1) is 0 Å². The fraction of sp³-hybridized carbons (Fsp3) is 0.467. The van der Waals surface area contributed by atoms with Crippen molar-refractivity contribution in [2.24, 2.45) is 0 Å². The van der Waals surface area contributed by atoms with Crippen molar-refractivity contribution in [3.05, 3.63) is 35.9 Å². The molecule has 1 aromatic carbocycles. The van der Waals surface area contributed by atoms with Crippen LogP contribution < -0.4 is 0 Å². The summed E-state index contributed by atoms with van der Waals surface area (Å²) < 4.78 is 21.3. The number of amides is 1. The van der Waals surface area contributed by atoms with Gasteiger partial charge in [-0.2, -0.15) is 0 Å². The quantitative estimate of drug-likeness (QED) is 0.485. The van der Waals surface area contributed by atoms with Crippen molar-refractivity contribution < 1.29 is 33.6 Å². The van der Waals surface area contributed by atoms with Gasteiger partial charge in [0, 0.05) is 19.6 Å². The van der Waals surface area contributed by atoms with Crippen LogP contribution in [0.2, 0.25) is 0 Å². The highest BCUT2D eigenvalue weighted by Gasteiger charge is 2.31. The van der Waals surface area contributed by atoms with Crippen molar-refractivity contribution in [1.29, 1.82) is 0 Å². The van der Waals surface area contributed by atoms with Gasteiger partial charge in [0.05, 0.1) is 6.29 Å². The molecule has 0 saturated heterocycles. The first-order chi connectivity index (χ1) is 11.5. The first-order valence-electron chi connectivity index (χ1n) is 7.45. The molecule has 0 heterocycles. The molecule has 0 aliphatic rings. The summed E-state index contributed by atoms with van der Waals surface area (Å²) >= 11 is 0. The summed E-state index contributed by atoms with van der Waals surface area (Å²) in [5.41, 5.74) is 0.726. The van der Waals surface area contributed by atoms with Gasteiger partial charge in [-0.25, -0.2) is 9.59 Å². The first kappa shape index (κ1) is 20.2. The molecule has 8 nitrogen and oxygen atoms in total. The zero-order valence-corrected chi connectivity index (χ0v) is 14.4. The van der Waals surface area contributed by atoms with Gasteiger partial charge in [0.25, 0.3) is 0 Å². The maximum Gasteiger partial charge on any atom is 0.411 e. The Hall–Kier alpha value is -1.89. The number of carboxylic acids is 1. The fourth-order valence-corrected chi connectivity index (χ4v) is 2.64. The normalized spacial score (nSPS) is 13.1. The predicted octanol–water partition coefficient (Wildman–Crippen LogP) is 1.93. The molecular weight excluding hydrogens is 337 g/mol. The van der Waals surface area contributed by atoms with E-state index < -0.39 is 32.4 Å². The van der Waals surface area contributed by atoms with Crippen molar-refractivity contribution in [3.8, 4) is 0 Å². The molecule has 1 aromatic rings. The summed E-state index contributed by atoms with van der Waals surface area (Å²) in [5.74, 6) is -1.28. The molecular formula is C15H22NO7P. The third-order valence-corrected chi connectivity index (χ3v) is 3.76. The largest absolute Gasteiger partial charge is 0.480 e. The molecule has 1 amide bonds. The van der Waals surface area contributed by atoms with Crippen LogP contribution in [0.15, 0.2) is 30.3 Å². The summed E-state index contributed by atoms with van der Waals surface area (Å²) in [6, 6.07) is 7.56. The van der Waals surface area contributed by atoms with E-state index in [1.165, 1.54) is 0 Å². The van der Waals surface area contributed by atoms with Gasteiger partial charge in [-0.15, -0.1) is 0 Å². The molecule has 0 radical (unpaired) electrons. The van der Waals surface area contributed by atoms with E-state index in [2.05, 4.69) is 0 Å². The van der Waals surface area contributed by atoms with Gasteiger partial charge >= 0.3 is 12.1 Å². The second-order valence-corrected chi connectivity index (χ2v) is 6.01. The number of ether oxygens (including phenoxy) is 2. The zero-order valence-electron chi connectivity index (χ0n) is 13.4. The zero-order chi connectivity index (χ0) is 17.9. The van der Waals surface area contributed by atoms with Gasteiger partial charge in [-0.1, -0.05) is 30.3 Å². The smallest absolute Gasteiger partial charge is 0.411 e. The Balaban J connectivity index is 2.77. The van der Waals surface area contributed by atoms with E-state index in [1.807, 2.05) is 6.07 Å². The van der Waals surface area contributed by atoms with Gasteiger partial charge in [0.2, 0.25) is 8.03 Å². The van der Waals surface area contributed by atoms with Crippen LogP contribution in [0.5, 0.6) is 0 Å². The molecule has 0 spiro atoms. The molecule has 24 heavy (non-hydrogen) atoms. The highest BCUT2D eigenvalue weighted by atomic mass is 31.1. The fourth-order valence-electron chi connectivity index (χ4n) is 2.00. The van der Waals surface area contributed by atoms with Crippen LogP contribution in [0.1, 0.15) is 18.9 Å². The Kier molecular flexibility index (Phi) is 9.07. The van der Waals surface area contributed by atoms with E-state index in [4.69, 9.17) is 14.4 Å². The lowest BCUT2D eigenvalue weighted by molar-refractivity contribution is -0.143. The Morgan fingerprint density at radius 1 is 1.29 bits per heavy atom. The molecule has 0 fully saturated rings. The molecule has 2 N–H and O–H groups in total. The molecule has 0 aromatic heterocycles. The Labute approximate surface area is 140 Å². The van der Waals surface area contributed by atoms with Crippen molar-refractivity contribution in [1.82, 2.24) is 4.90 Å². The van der Waals surface area contributed by atoms with Gasteiger partial charge < -0.3 is 19.5 Å².